The highest BCUT2D eigenvalue weighted by Crippen LogP contribution is 2.75. The third kappa shape index (κ3) is 1.86. The van der Waals surface area contributed by atoms with E-state index in [0.29, 0.717) is 0 Å². The van der Waals surface area contributed by atoms with Crippen molar-refractivity contribution >= 4 is 31.9 Å². The minimum absolute atomic E-state index is 0.246. The van der Waals surface area contributed by atoms with E-state index < -0.39 is 0 Å². The van der Waals surface area contributed by atoms with E-state index in [2.05, 4.69) is 80.4 Å². The molecule has 4 fully saturated rings. The molecule has 29 heavy (non-hydrogen) atoms. The van der Waals surface area contributed by atoms with Crippen LogP contribution < -0.4 is 0 Å². The largest absolute Gasteiger partial charge is 0.0848 e. The van der Waals surface area contributed by atoms with Gasteiger partial charge in [-0.05, 0) is 120 Å². The molecule has 4 bridgehead atoms. The highest BCUT2D eigenvalue weighted by molar-refractivity contribution is 9.10. The molecule has 1 spiro atoms. The fourth-order valence-corrected chi connectivity index (χ4v) is 10.4. The van der Waals surface area contributed by atoms with Crippen molar-refractivity contribution in [2.75, 3.05) is 0 Å². The molecule has 6 aliphatic rings. The average molecular weight is 508 g/mol. The van der Waals surface area contributed by atoms with Crippen molar-refractivity contribution in [3.05, 3.63) is 68.6 Å². The molecule has 2 aromatic carbocycles. The van der Waals surface area contributed by atoms with Crippen molar-refractivity contribution in [3.63, 3.8) is 0 Å². The van der Waals surface area contributed by atoms with Crippen LogP contribution >= 0.6 is 31.9 Å². The Labute approximate surface area is 189 Å². The maximum atomic E-state index is 3.80. The Bertz CT molecular complexity index is 1030. The zero-order valence-electron chi connectivity index (χ0n) is 16.3. The zero-order valence-corrected chi connectivity index (χ0v) is 19.5. The maximum absolute atomic E-state index is 3.80. The van der Waals surface area contributed by atoms with E-state index in [9.17, 15) is 0 Å². The Morgan fingerprint density at radius 1 is 0.655 bits per heavy atom. The van der Waals surface area contributed by atoms with Crippen molar-refractivity contribution < 1.29 is 0 Å². The Morgan fingerprint density at radius 3 is 1.69 bits per heavy atom. The van der Waals surface area contributed by atoms with Crippen molar-refractivity contribution in [2.24, 2.45) is 47.3 Å². The van der Waals surface area contributed by atoms with Gasteiger partial charge in [-0.15, -0.1) is 0 Å². The van der Waals surface area contributed by atoms with Gasteiger partial charge in [0.2, 0.25) is 0 Å². The summed E-state index contributed by atoms with van der Waals surface area (Å²) in [5, 5.41) is 0. The predicted molar refractivity (Wildman–Crippen MR) is 124 cm³/mol. The van der Waals surface area contributed by atoms with Crippen LogP contribution in [-0.2, 0) is 5.41 Å². The molecule has 0 aliphatic heterocycles. The van der Waals surface area contributed by atoms with E-state index in [1.165, 1.54) is 39.3 Å². The van der Waals surface area contributed by atoms with Crippen LogP contribution in [0.3, 0.4) is 0 Å². The number of hydrogen-bond acceptors (Lipinski definition) is 0. The first-order chi connectivity index (χ1) is 14.1. The maximum Gasteiger partial charge on any atom is 0.0221 e. The lowest BCUT2D eigenvalue weighted by Crippen LogP contribution is -2.34. The first-order valence-corrected chi connectivity index (χ1v) is 13.0. The molecule has 0 aromatic heterocycles. The molecular formula is C27H24Br2. The number of halogens is 2. The topological polar surface area (TPSA) is 0 Å². The standard InChI is InChI=1S/C27H24Br2/c28-15-3-5-17-18-6-4-16(29)9-24(18)27(23(17)8-15)11-21-19-10-20(22(21)12-27)26-14-2-1-13(7-14)25(19)26/h1-6,8-9,13-14,19-22,25-26H,7,10-12H2. The quantitative estimate of drug-likeness (QED) is 0.254. The molecule has 0 N–H and O–H groups in total. The number of allylic oxidation sites excluding steroid dienone is 2. The molecule has 146 valence electrons. The molecule has 2 heteroatoms. The summed E-state index contributed by atoms with van der Waals surface area (Å²) in [5.41, 5.74) is 6.45. The second kappa shape index (κ2) is 5.30. The molecule has 8 rings (SSSR count). The van der Waals surface area contributed by atoms with Crippen molar-refractivity contribution in [1.29, 1.82) is 0 Å². The summed E-state index contributed by atoms with van der Waals surface area (Å²) >= 11 is 7.60. The summed E-state index contributed by atoms with van der Waals surface area (Å²) in [7, 11) is 0. The molecular weight excluding hydrogens is 484 g/mol. The van der Waals surface area contributed by atoms with Crippen LogP contribution in [0.2, 0.25) is 0 Å². The summed E-state index contributed by atoms with van der Waals surface area (Å²) in [6, 6.07) is 14.1. The molecule has 0 heterocycles. The van der Waals surface area contributed by atoms with Gasteiger partial charge in [0.05, 0.1) is 0 Å². The lowest BCUT2D eigenvalue weighted by atomic mass is 9.66. The summed E-state index contributed by atoms with van der Waals surface area (Å²) in [5.74, 6) is 7.79. The van der Waals surface area contributed by atoms with Crippen LogP contribution in [0, 0.1) is 47.3 Å². The summed E-state index contributed by atoms with van der Waals surface area (Å²) in [6.07, 6.45) is 11.0. The highest BCUT2D eigenvalue weighted by atomic mass is 79.9. The molecule has 2 aromatic rings. The van der Waals surface area contributed by atoms with Crippen LogP contribution in [0.5, 0.6) is 0 Å². The molecule has 0 saturated heterocycles. The zero-order chi connectivity index (χ0) is 19.1. The van der Waals surface area contributed by atoms with Gasteiger partial charge in [-0.1, -0.05) is 56.1 Å². The summed E-state index contributed by atoms with van der Waals surface area (Å²) < 4.78 is 2.48. The number of rotatable bonds is 0. The van der Waals surface area contributed by atoms with Crippen LogP contribution in [0.4, 0.5) is 0 Å². The monoisotopic (exact) mass is 506 g/mol. The molecule has 8 unspecified atom stereocenters. The van der Waals surface area contributed by atoms with E-state index in [1.54, 1.807) is 17.5 Å². The molecule has 6 aliphatic carbocycles. The Kier molecular flexibility index (Phi) is 3.07. The smallest absolute Gasteiger partial charge is 0.0221 e. The number of hydrogen-bond donors (Lipinski definition) is 0. The highest BCUT2D eigenvalue weighted by Gasteiger charge is 2.68. The first-order valence-electron chi connectivity index (χ1n) is 11.4. The molecule has 4 saturated carbocycles. The van der Waals surface area contributed by atoms with Crippen LogP contribution in [0.1, 0.15) is 36.8 Å². The first kappa shape index (κ1) is 16.8. The third-order valence-electron chi connectivity index (χ3n) is 10.2. The van der Waals surface area contributed by atoms with Gasteiger partial charge in [0.15, 0.2) is 0 Å². The third-order valence-corrected chi connectivity index (χ3v) is 11.2. The Hall–Kier alpha value is -0.860. The lowest BCUT2D eigenvalue weighted by Gasteiger charge is -2.39. The minimum Gasteiger partial charge on any atom is -0.0848 e. The normalized spacial score (nSPS) is 43.1. The summed E-state index contributed by atoms with van der Waals surface area (Å²) in [6.45, 7) is 0. The predicted octanol–water partition coefficient (Wildman–Crippen LogP) is 7.59. The Morgan fingerprint density at radius 2 is 1.17 bits per heavy atom. The van der Waals surface area contributed by atoms with Gasteiger partial charge in [-0.3, -0.25) is 0 Å². The van der Waals surface area contributed by atoms with E-state index in [4.69, 9.17) is 0 Å². The second-order valence-corrected chi connectivity index (χ2v) is 12.7. The van der Waals surface area contributed by atoms with Crippen molar-refractivity contribution in [2.45, 2.75) is 31.1 Å². The van der Waals surface area contributed by atoms with E-state index in [1.807, 2.05) is 0 Å². The average Bonchev–Trinajstić information content (AvgIpc) is 3.51. The van der Waals surface area contributed by atoms with Gasteiger partial charge >= 0.3 is 0 Å². The van der Waals surface area contributed by atoms with Gasteiger partial charge in [-0.2, -0.15) is 0 Å². The molecule has 8 atom stereocenters. The van der Waals surface area contributed by atoms with Crippen LogP contribution in [0.15, 0.2) is 57.5 Å². The van der Waals surface area contributed by atoms with E-state index >= 15 is 0 Å². The van der Waals surface area contributed by atoms with Crippen LogP contribution in [0.25, 0.3) is 11.1 Å². The second-order valence-electron chi connectivity index (χ2n) is 10.9. The van der Waals surface area contributed by atoms with Gasteiger partial charge < -0.3 is 0 Å². The van der Waals surface area contributed by atoms with Gasteiger partial charge in [0, 0.05) is 14.4 Å². The Balaban J connectivity index is 1.29. The minimum atomic E-state index is 0.246. The summed E-state index contributed by atoms with van der Waals surface area (Å²) in [4.78, 5) is 0. The fourth-order valence-electron chi connectivity index (χ4n) is 9.66. The fraction of sp³-hybridized carbons (Fsp3) is 0.481. The molecule has 0 amide bonds. The van der Waals surface area contributed by atoms with Gasteiger partial charge in [0.25, 0.3) is 0 Å². The SMILES string of the molecule is Brc1ccc2c(c1)C1(CC3C(C1)C1CC3C3C4C=CC(C4)C13)c1cc(Br)ccc1-2. The number of fused-ring (bicyclic) bond motifs is 17. The van der Waals surface area contributed by atoms with Crippen LogP contribution in [-0.4, -0.2) is 0 Å². The number of benzene rings is 2. The van der Waals surface area contributed by atoms with E-state index in [-0.39, 0.29) is 5.41 Å². The van der Waals surface area contributed by atoms with Crippen molar-refractivity contribution in [1.82, 2.24) is 0 Å². The van der Waals surface area contributed by atoms with Gasteiger partial charge in [0.1, 0.15) is 0 Å². The van der Waals surface area contributed by atoms with Crippen molar-refractivity contribution in [3.8, 4) is 11.1 Å². The molecule has 0 radical (unpaired) electrons. The lowest BCUT2D eigenvalue weighted by molar-refractivity contribution is 0.108. The molecule has 0 nitrogen and oxygen atoms in total. The van der Waals surface area contributed by atoms with Gasteiger partial charge in [-0.25, -0.2) is 0 Å². The van der Waals surface area contributed by atoms with E-state index in [0.717, 1.165) is 47.3 Å².